The zero-order valence-corrected chi connectivity index (χ0v) is 20.0. The number of hydrogen-bond acceptors (Lipinski definition) is 6. The normalized spacial score (nSPS) is 21.2. The molecule has 2 aliphatic rings. The van der Waals surface area contributed by atoms with Crippen molar-refractivity contribution in [1.29, 1.82) is 0 Å². The van der Waals surface area contributed by atoms with Crippen LogP contribution in [0.1, 0.15) is 70.8 Å². The van der Waals surface area contributed by atoms with Crippen LogP contribution in [0.5, 0.6) is 0 Å². The number of rotatable bonds is 7. The minimum atomic E-state index is -0.241. The fourth-order valence-electron chi connectivity index (χ4n) is 5.20. The number of piperidine rings is 1. The number of nitrogens with one attached hydrogen (secondary N) is 1. The molecule has 182 valence electrons. The Labute approximate surface area is 200 Å². The molecule has 8 heteroatoms. The molecule has 0 spiro atoms. The molecule has 1 aliphatic heterocycles. The molecule has 0 atom stereocenters. The number of unbranched alkanes of at least 4 members (excludes halogenated alkanes) is 1. The van der Waals surface area contributed by atoms with Crippen LogP contribution in [-0.2, 0) is 0 Å². The summed E-state index contributed by atoms with van der Waals surface area (Å²) >= 11 is 0. The summed E-state index contributed by atoms with van der Waals surface area (Å²) in [6, 6.07) is 5.63. The fraction of sp³-hybridized carbons (Fsp3) is 0.577. The lowest BCUT2D eigenvalue weighted by molar-refractivity contribution is 0.109. The fourth-order valence-corrected chi connectivity index (χ4v) is 5.20. The number of aromatic nitrogens is 4. The van der Waals surface area contributed by atoms with Crippen molar-refractivity contribution in [3.63, 3.8) is 0 Å². The van der Waals surface area contributed by atoms with Gasteiger partial charge in [-0.25, -0.2) is 14.1 Å². The van der Waals surface area contributed by atoms with E-state index in [-0.39, 0.29) is 18.0 Å². The quantitative estimate of drug-likeness (QED) is 0.460. The van der Waals surface area contributed by atoms with Crippen LogP contribution in [0.4, 0.5) is 16.0 Å². The standard InChI is InChI=1S/C26H35FN6O/c1-2-3-13-28-26-29-17-21-24(31-33(25(21)30-26)19-8-10-20(34)11-9-19)18-7-12-23(22(27)16-18)32-14-5-4-6-15-32/h7,12,16-17,19-20,34H,2-6,8-11,13-15H2,1H3,(H,28,29,30). The van der Waals surface area contributed by atoms with Crippen LogP contribution >= 0.6 is 0 Å². The van der Waals surface area contributed by atoms with Crippen molar-refractivity contribution in [3.05, 3.63) is 30.2 Å². The Morgan fingerprint density at radius 1 is 1.12 bits per heavy atom. The van der Waals surface area contributed by atoms with Gasteiger partial charge in [-0.2, -0.15) is 10.1 Å². The van der Waals surface area contributed by atoms with E-state index in [0.29, 0.717) is 17.3 Å². The average Bonchev–Trinajstić information content (AvgIpc) is 3.24. The van der Waals surface area contributed by atoms with Gasteiger partial charge < -0.3 is 15.3 Å². The monoisotopic (exact) mass is 466 g/mol. The zero-order chi connectivity index (χ0) is 23.5. The van der Waals surface area contributed by atoms with E-state index in [9.17, 15) is 5.11 Å². The number of aliphatic hydroxyl groups excluding tert-OH is 1. The van der Waals surface area contributed by atoms with Gasteiger partial charge in [-0.3, -0.25) is 0 Å². The predicted molar refractivity (Wildman–Crippen MR) is 134 cm³/mol. The predicted octanol–water partition coefficient (Wildman–Crippen LogP) is 5.31. The molecule has 3 heterocycles. The number of nitrogens with zero attached hydrogens (tertiary/aromatic N) is 5. The number of hydrogen-bond donors (Lipinski definition) is 2. The van der Waals surface area contributed by atoms with Crippen molar-refractivity contribution in [2.45, 2.75) is 76.9 Å². The molecular formula is C26H35FN6O. The van der Waals surface area contributed by atoms with E-state index >= 15 is 4.39 Å². The Bertz CT molecular complexity index is 1120. The van der Waals surface area contributed by atoms with Gasteiger partial charge in [0.05, 0.1) is 23.2 Å². The highest BCUT2D eigenvalue weighted by molar-refractivity contribution is 5.91. The lowest BCUT2D eigenvalue weighted by Crippen LogP contribution is -2.30. The maximum absolute atomic E-state index is 15.2. The molecule has 0 amide bonds. The van der Waals surface area contributed by atoms with E-state index < -0.39 is 0 Å². The summed E-state index contributed by atoms with van der Waals surface area (Å²) in [6.45, 7) is 4.79. The van der Waals surface area contributed by atoms with Gasteiger partial charge in [-0.15, -0.1) is 0 Å². The van der Waals surface area contributed by atoms with E-state index in [1.165, 1.54) is 6.42 Å². The summed E-state index contributed by atoms with van der Waals surface area (Å²) in [4.78, 5) is 11.5. The molecule has 2 fully saturated rings. The maximum Gasteiger partial charge on any atom is 0.224 e. The number of benzene rings is 1. The summed E-state index contributed by atoms with van der Waals surface area (Å²) in [5, 5.41) is 19.1. The smallest absolute Gasteiger partial charge is 0.224 e. The Hall–Kier alpha value is -2.74. The second-order valence-corrected chi connectivity index (χ2v) is 9.68. The summed E-state index contributed by atoms with van der Waals surface area (Å²) < 4.78 is 17.2. The molecule has 7 nitrogen and oxygen atoms in total. The van der Waals surface area contributed by atoms with E-state index in [1.807, 2.05) is 23.0 Å². The number of aliphatic hydroxyl groups is 1. The van der Waals surface area contributed by atoms with Crippen LogP contribution < -0.4 is 10.2 Å². The van der Waals surface area contributed by atoms with Crippen LogP contribution in [0.2, 0.25) is 0 Å². The van der Waals surface area contributed by atoms with E-state index in [0.717, 1.165) is 87.6 Å². The van der Waals surface area contributed by atoms with Crippen LogP contribution in [0.15, 0.2) is 24.4 Å². The second-order valence-electron chi connectivity index (χ2n) is 9.68. The third kappa shape index (κ3) is 4.73. The lowest BCUT2D eigenvalue weighted by atomic mass is 9.93. The molecule has 2 aromatic heterocycles. The summed E-state index contributed by atoms with van der Waals surface area (Å²) in [5.74, 6) is 0.387. The number of halogens is 1. The Morgan fingerprint density at radius 2 is 1.91 bits per heavy atom. The minimum Gasteiger partial charge on any atom is -0.393 e. The van der Waals surface area contributed by atoms with Crippen LogP contribution in [0.25, 0.3) is 22.3 Å². The first-order valence-electron chi connectivity index (χ1n) is 12.9. The lowest BCUT2D eigenvalue weighted by Gasteiger charge is -2.29. The molecule has 1 saturated heterocycles. The van der Waals surface area contributed by atoms with Crippen LogP contribution in [0, 0.1) is 5.82 Å². The molecule has 0 radical (unpaired) electrons. The molecule has 3 aromatic rings. The molecule has 5 rings (SSSR count). The topological polar surface area (TPSA) is 79.1 Å². The first-order valence-corrected chi connectivity index (χ1v) is 12.9. The first kappa shape index (κ1) is 23.0. The molecule has 1 saturated carbocycles. The van der Waals surface area contributed by atoms with Gasteiger partial charge in [0.1, 0.15) is 11.5 Å². The van der Waals surface area contributed by atoms with E-state index in [4.69, 9.17) is 10.1 Å². The molecule has 2 N–H and O–H groups in total. The van der Waals surface area contributed by atoms with Gasteiger partial charge >= 0.3 is 0 Å². The van der Waals surface area contributed by atoms with Crippen molar-refractivity contribution < 1.29 is 9.50 Å². The SMILES string of the molecule is CCCCNc1ncc2c(-c3ccc(N4CCCCC4)c(F)c3)nn(C3CCC(O)CC3)c2n1. The first-order chi connectivity index (χ1) is 16.6. The molecule has 34 heavy (non-hydrogen) atoms. The highest BCUT2D eigenvalue weighted by atomic mass is 19.1. The minimum absolute atomic E-state index is 0.163. The van der Waals surface area contributed by atoms with Gasteiger partial charge in [0.25, 0.3) is 0 Å². The Balaban J connectivity index is 1.52. The van der Waals surface area contributed by atoms with Gasteiger partial charge in [0.15, 0.2) is 5.65 Å². The number of anilines is 2. The molecule has 0 bridgehead atoms. The average molecular weight is 467 g/mol. The van der Waals surface area contributed by atoms with Gasteiger partial charge in [0.2, 0.25) is 5.95 Å². The molecule has 1 aromatic carbocycles. The van der Waals surface area contributed by atoms with Gasteiger partial charge in [0, 0.05) is 31.4 Å². The molecule has 1 aliphatic carbocycles. The van der Waals surface area contributed by atoms with Gasteiger partial charge in [-0.05, 0) is 63.5 Å². The molecule has 0 unspecified atom stereocenters. The van der Waals surface area contributed by atoms with Crippen LogP contribution in [-0.4, -0.2) is 50.6 Å². The third-order valence-electron chi connectivity index (χ3n) is 7.19. The summed E-state index contributed by atoms with van der Waals surface area (Å²) in [5.41, 5.74) is 2.90. The maximum atomic E-state index is 15.2. The van der Waals surface area contributed by atoms with Crippen molar-refractivity contribution in [2.75, 3.05) is 29.9 Å². The number of fused-ring (bicyclic) bond motifs is 1. The van der Waals surface area contributed by atoms with Crippen molar-refractivity contribution >= 4 is 22.7 Å². The van der Waals surface area contributed by atoms with Gasteiger partial charge in [-0.1, -0.05) is 19.4 Å². The zero-order valence-electron chi connectivity index (χ0n) is 20.0. The van der Waals surface area contributed by atoms with E-state index in [1.54, 1.807) is 6.07 Å². The Kier molecular flexibility index (Phi) is 6.94. The summed E-state index contributed by atoms with van der Waals surface area (Å²) in [6.07, 6.45) is 10.4. The summed E-state index contributed by atoms with van der Waals surface area (Å²) in [7, 11) is 0. The highest BCUT2D eigenvalue weighted by Crippen LogP contribution is 2.36. The van der Waals surface area contributed by atoms with Crippen molar-refractivity contribution in [1.82, 2.24) is 19.7 Å². The highest BCUT2D eigenvalue weighted by Gasteiger charge is 2.26. The third-order valence-corrected chi connectivity index (χ3v) is 7.19. The molecular weight excluding hydrogens is 431 g/mol. The van der Waals surface area contributed by atoms with E-state index in [2.05, 4.69) is 22.1 Å². The van der Waals surface area contributed by atoms with Crippen molar-refractivity contribution in [2.24, 2.45) is 0 Å². The Morgan fingerprint density at radius 3 is 2.65 bits per heavy atom. The largest absolute Gasteiger partial charge is 0.393 e. The van der Waals surface area contributed by atoms with Crippen molar-refractivity contribution in [3.8, 4) is 11.3 Å². The van der Waals surface area contributed by atoms with Crippen LogP contribution in [0.3, 0.4) is 0 Å². The second kappa shape index (κ2) is 10.3.